The van der Waals surface area contributed by atoms with Crippen LogP contribution in [-0.4, -0.2) is 75.4 Å². The Labute approximate surface area is 264 Å². The normalized spacial score (nSPS) is 25.5. The van der Waals surface area contributed by atoms with Crippen LogP contribution in [0.15, 0.2) is 41.4 Å². The van der Waals surface area contributed by atoms with Crippen molar-refractivity contribution in [2.45, 2.75) is 74.1 Å². The van der Waals surface area contributed by atoms with Gasteiger partial charge in [0.05, 0.1) is 44.9 Å². The highest BCUT2D eigenvalue weighted by Gasteiger charge is 2.49. The molecule has 1 saturated heterocycles. The number of hydrogen-bond donors (Lipinski definition) is 4. The van der Waals surface area contributed by atoms with Crippen LogP contribution in [0.3, 0.4) is 0 Å². The topological polar surface area (TPSA) is 159 Å². The van der Waals surface area contributed by atoms with Gasteiger partial charge in [0.15, 0.2) is 15.6 Å². The van der Waals surface area contributed by atoms with E-state index in [2.05, 4.69) is 15.6 Å². The number of thiazole rings is 1. The van der Waals surface area contributed by atoms with E-state index in [0.29, 0.717) is 41.3 Å². The molecule has 4 atom stereocenters. The van der Waals surface area contributed by atoms with Crippen LogP contribution >= 0.6 is 11.3 Å². The predicted molar refractivity (Wildman–Crippen MR) is 168 cm³/mol. The van der Waals surface area contributed by atoms with Crippen LogP contribution in [0.4, 0.5) is 16.2 Å². The third-order valence-electron chi connectivity index (χ3n) is 8.87. The lowest BCUT2D eigenvalue weighted by atomic mass is 10.0. The van der Waals surface area contributed by atoms with Crippen molar-refractivity contribution < 1.29 is 27.8 Å². The third kappa shape index (κ3) is 6.13. The summed E-state index contributed by atoms with van der Waals surface area (Å²) in [6.45, 7) is 3.08. The fourth-order valence-electron chi connectivity index (χ4n) is 6.30. The van der Waals surface area contributed by atoms with Crippen molar-refractivity contribution in [1.82, 2.24) is 19.9 Å². The highest BCUT2D eigenvalue weighted by molar-refractivity contribution is 7.91. The monoisotopic (exact) mass is 654 g/mol. The van der Waals surface area contributed by atoms with Gasteiger partial charge in [-0.05, 0) is 75.8 Å². The minimum absolute atomic E-state index is 0.0210. The Bertz CT molecular complexity index is 1830. The van der Waals surface area contributed by atoms with E-state index in [4.69, 9.17) is 19.7 Å². The molecule has 0 bridgehead atoms. The smallest absolute Gasteiger partial charge is 0.225 e. The Morgan fingerprint density at radius 3 is 2.64 bits per heavy atom. The molecule has 238 valence electrons. The van der Waals surface area contributed by atoms with Crippen molar-refractivity contribution in [3.8, 4) is 10.6 Å². The van der Waals surface area contributed by atoms with E-state index >= 15 is 0 Å². The van der Waals surface area contributed by atoms with Gasteiger partial charge in [0, 0.05) is 24.6 Å². The molecule has 2 saturated carbocycles. The van der Waals surface area contributed by atoms with Gasteiger partial charge < -0.3 is 25.6 Å². The van der Waals surface area contributed by atoms with Gasteiger partial charge in [-0.1, -0.05) is 0 Å². The second kappa shape index (κ2) is 11.8. The van der Waals surface area contributed by atoms with E-state index in [-0.39, 0.29) is 29.6 Å². The molecule has 0 amide bonds. The molecule has 4 aromatic rings. The number of benzene rings is 1. The lowest BCUT2D eigenvalue weighted by Gasteiger charge is -2.31. The van der Waals surface area contributed by atoms with Gasteiger partial charge in [0.1, 0.15) is 28.3 Å². The van der Waals surface area contributed by atoms with Gasteiger partial charge in [-0.15, -0.1) is 11.3 Å². The maximum absolute atomic E-state index is 13.4. The number of aryl methyl sites for hydroxylation is 1. The standard InChI is InChI=1S/C31H35FN6O5S2/c1-17-24(29-36-26-23(44-29)11-13-33-25(26)18-4-5-18)28(37-30(34-17)35-21-3-2-14-43-15-21)38-31(40)12-10-19(27(31)39)16-45(41,42)22-8-6-20(32)7-9-22/h6-9,11,13,18-19,21,27,39-40H,2-5,10,12,14-16H2,1H3,(H2,34,35,37,38)/t19-,21?,27-,31-/m1/s1. The lowest BCUT2D eigenvalue weighted by molar-refractivity contribution is -0.0442. The number of sulfone groups is 1. The van der Waals surface area contributed by atoms with E-state index in [0.717, 1.165) is 53.7 Å². The Morgan fingerprint density at radius 1 is 1.11 bits per heavy atom. The number of aliphatic hydroxyl groups is 2. The van der Waals surface area contributed by atoms with Crippen LogP contribution in [-0.2, 0) is 14.6 Å². The summed E-state index contributed by atoms with van der Waals surface area (Å²) in [5.41, 5.74) is 1.16. The second-order valence-corrected chi connectivity index (χ2v) is 15.3. The second-order valence-electron chi connectivity index (χ2n) is 12.3. The minimum Gasteiger partial charge on any atom is -0.388 e. The van der Waals surface area contributed by atoms with Crippen LogP contribution in [0.5, 0.6) is 0 Å². The molecule has 7 rings (SSSR count). The number of nitrogens with one attached hydrogen (secondary N) is 2. The molecule has 1 aromatic carbocycles. The molecule has 3 fully saturated rings. The highest BCUT2D eigenvalue weighted by Crippen LogP contribution is 2.45. The summed E-state index contributed by atoms with van der Waals surface area (Å²) in [5, 5.41) is 30.3. The molecule has 3 aromatic heterocycles. The van der Waals surface area contributed by atoms with E-state index < -0.39 is 39.2 Å². The summed E-state index contributed by atoms with van der Waals surface area (Å²) in [5.74, 6) is -0.672. The molecule has 1 aliphatic heterocycles. The number of rotatable bonds is 9. The van der Waals surface area contributed by atoms with Crippen LogP contribution in [0.25, 0.3) is 20.8 Å². The average molecular weight is 655 g/mol. The van der Waals surface area contributed by atoms with Crippen molar-refractivity contribution in [1.29, 1.82) is 0 Å². The van der Waals surface area contributed by atoms with Gasteiger partial charge in [0.25, 0.3) is 0 Å². The van der Waals surface area contributed by atoms with Gasteiger partial charge in [-0.3, -0.25) is 4.98 Å². The summed E-state index contributed by atoms with van der Waals surface area (Å²) >= 11 is 1.48. The first-order valence-electron chi connectivity index (χ1n) is 15.3. The first-order valence-corrected chi connectivity index (χ1v) is 17.7. The zero-order valence-corrected chi connectivity index (χ0v) is 26.4. The van der Waals surface area contributed by atoms with Crippen LogP contribution in [0.1, 0.15) is 55.8 Å². The molecule has 0 spiro atoms. The van der Waals surface area contributed by atoms with Gasteiger partial charge >= 0.3 is 0 Å². The molecule has 3 aliphatic rings. The minimum atomic E-state index is -3.85. The van der Waals surface area contributed by atoms with Crippen LogP contribution in [0.2, 0.25) is 0 Å². The number of ether oxygens (including phenoxy) is 1. The summed E-state index contributed by atoms with van der Waals surface area (Å²) in [6, 6.07) is 6.55. The number of aromatic nitrogens is 4. The van der Waals surface area contributed by atoms with E-state index in [1.165, 1.54) is 23.5 Å². The Morgan fingerprint density at radius 2 is 1.91 bits per heavy atom. The van der Waals surface area contributed by atoms with Gasteiger partial charge in [-0.25, -0.2) is 22.8 Å². The molecule has 14 heteroatoms. The first kappa shape index (κ1) is 30.4. The lowest BCUT2D eigenvalue weighted by Crippen LogP contribution is -2.48. The zero-order chi connectivity index (χ0) is 31.3. The number of halogens is 1. The van der Waals surface area contributed by atoms with Crippen LogP contribution < -0.4 is 10.6 Å². The number of pyridine rings is 1. The summed E-state index contributed by atoms with van der Waals surface area (Å²) in [7, 11) is -3.85. The molecule has 4 N–H and O–H groups in total. The molecule has 11 nitrogen and oxygen atoms in total. The van der Waals surface area contributed by atoms with E-state index in [1.807, 2.05) is 13.0 Å². The molecule has 0 radical (unpaired) electrons. The van der Waals surface area contributed by atoms with Crippen LogP contribution in [0, 0.1) is 18.7 Å². The fourth-order valence-corrected chi connectivity index (χ4v) is 9.02. The number of anilines is 2. The molecule has 1 unspecified atom stereocenters. The molecular formula is C31H35FN6O5S2. The number of nitrogens with zero attached hydrogens (tertiary/aromatic N) is 4. The maximum atomic E-state index is 13.4. The SMILES string of the molecule is Cc1nc(NC2CCCOC2)nc(N[C@@]2(O)CC[C@H](CS(=O)(=O)c3ccc(F)cc3)[C@H]2O)c1-c1nc2c(C3CC3)nccc2s1. The van der Waals surface area contributed by atoms with Crippen molar-refractivity contribution in [3.05, 3.63) is 53.7 Å². The van der Waals surface area contributed by atoms with Crippen molar-refractivity contribution in [2.24, 2.45) is 5.92 Å². The quantitative estimate of drug-likeness (QED) is 0.150. The number of aliphatic hydroxyl groups excluding tert-OH is 1. The first-order chi connectivity index (χ1) is 21.6. The molecule has 4 heterocycles. The van der Waals surface area contributed by atoms with E-state index in [1.54, 1.807) is 6.20 Å². The predicted octanol–water partition coefficient (Wildman–Crippen LogP) is 4.41. The number of hydrogen-bond acceptors (Lipinski definition) is 12. The largest absolute Gasteiger partial charge is 0.388 e. The molecule has 45 heavy (non-hydrogen) atoms. The van der Waals surface area contributed by atoms with Gasteiger partial charge in [0.2, 0.25) is 5.95 Å². The average Bonchev–Trinajstić information content (AvgIpc) is 3.71. The van der Waals surface area contributed by atoms with Crippen molar-refractivity contribution in [2.75, 3.05) is 29.6 Å². The summed E-state index contributed by atoms with van der Waals surface area (Å²) < 4.78 is 46.2. The molecule has 2 aliphatic carbocycles. The van der Waals surface area contributed by atoms with Crippen molar-refractivity contribution in [3.63, 3.8) is 0 Å². The summed E-state index contributed by atoms with van der Waals surface area (Å²) in [4.78, 5) is 19.1. The van der Waals surface area contributed by atoms with Crippen molar-refractivity contribution >= 4 is 43.2 Å². The third-order valence-corrected chi connectivity index (χ3v) is 11.8. The highest BCUT2D eigenvalue weighted by atomic mass is 32.2. The maximum Gasteiger partial charge on any atom is 0.225 e. The molecular weight excluding hydrogens is 620 g/mol. The van der Waals surface area contributed by atoms with Gasteiger partial charge in [-0.2, -0.15) is 4.98 Å². The Kier molecular flexibility index (Phi) is 7.97. The Hall–Kier alpha value is -3.30. The zero-order valence-electron chi connectivity index (χ0n) is 24.7. The fraction of sp³-hybridized carbons (Fsp3) is 0.484. The summed E-state index contributed by atoms with van der Waals surface area (Å²) in [6.07, 6.45) is 4.68. The Balaban J connectivity index is 1.22. The van der Waals surface area contributed by atoms with E-state index in [9.17, 15) is 23.0 Å². The number of fused-ring (bicyclic) bond motifs is 1.